The number of hydrogen-bond acceptors (Lipinski definition) is 4. The second-order valence-corrected chi connectivity index (χ2v) is 5.66. The van der Waals surface area contributed by atoms with Gasteiger partial charge in [-0.3, -0.25) is 0 Å². The number of rotatable bonds is 3. The maximum Gasteiger partial charge on any atom is 0.155 e. The third-order valence-corrected chi connectivity index (χ3v) is 4.00. The highest BCUT2D eigenvalue weighted by atomic mass is 16.5. The maximum atomic E-state index is 5.70. The Morgan fingerprint density at radius 2 is 2.27 bits per heavy atom. The highest BCUT2D eigenvalue weighted by Crippen LogP contribution is 2.31. The van der Waals surface area contributed by atoms with Crippen molar-refractivity contribution in [1.29, 1.82) is 0 Å². The highest BCUT2D eigenvalue weighted by molar-refractivity contribution is 5.39. The molecule has 4 rings (SSSR count). The molecule has 0 amide bonds. The van der Waals surface area contributed by atoms with E-state index in [0.29, 0.717) is 6.04 Å². The van der Waals surface area contributed by atoms with Crippen LogP contribution in [0.5, 0.6) is 5.75 Å². The van der Waals surface area contributed by atoms with Crippen molar-refractivity contribution in [2.24, 2.45) is 0 Å². The summed E-state index contributed by atoms with van der Waals surface area (Å²) in [5.41, 5.74) is 4.23. The van der Waals surface area contributed by atoms with Crippen LogP contribution >= 0.6 is 0 Å². The molecule has 0 fully saturated rings. The highest BCUT2D eigenvalue weighted by Gasteiger charge is 2.20. The van der Waals surface area contributed by atoms with E-state index < -0.39 is 0 Å². The van der Waals surface area contributed by atoms with Gasteiger partial charge in [-0.25, -0.2) is 9.50 Å². The Morgan fingerprint density at radius 3 is 3.23 bits per heavy atom. The molecule has 0 saturated heterocycles. The van der Waals surface area contributed by atoms with Gasteiger partial charge in [0, 0.05) is 48.6 Å². The number of nitrogens with zero attached hydrogens (tertiary/aromatic N) is 3. The van der Waals surface area contributed by atoms with Gasteiger partial charge in [0.15, 0.2) is 5.65 Å². The first-order chi connectivity index (χ1) is 10.8. The van der Waals surface area contributed by atoms with Gasteiger partial charge in [-0.15, -0.1) is 0 Å². The molecule has 0 bridgehead atoms. The van der Waals surface area contributed by atoms with E-state index >= 15 is 0 Å². The van der Waals surface area contributed by atoms with Crippen LogP contribution in [0.15, 0.2) is 42.7 Å². The number of fused-ring (bicyclic) bond motifs is 2. The van der Waals surface area contributed by atoms with Crippen molar-refractivity contribution in [1.82, 2.24) is 19.9 Å². The Bertz CT molecular complexity index is 811. The summed E-state index contributed by atoms with van der Waals surface area (Å²) in [5, 5.41) is 8.02. The van der Waals surface area contributed by atoms with Crippen molar-refractivity contribution in [3.05, 3.63) is 59.5 Å². The molecule has 0 spiro atoms. The number of ether oxygens (including phenoxy) is 1. The minimum atomic E-state index is 0.319. The Balaban J connectivity index is 1.52. The summed E-state index contributed by atoms with van der Waals surface area (Å²) in [7, 11) is 0. The summed E-state index contributed by atoms with van der Waals surface area (Å²) < 4.78 is 7.54. The summed E-state index contributed by atoms with van der Waals surface area (Å²) >= 11 is 0. The minimum absolute atomic E-state index is 0.319. The molecule has 1 N–H and O–H groups in total. The minimum Gasteiger partial charge on any atom is -0.493 e. The second-order valence-electron chi connectivity index (χ2n) is 5.66. The molecule has 1 aliphatic heterocycles. The molecule has 0 saturated carbocycles. The zero-order valence-electron chi connectivity index (χ0n) is 12.5. The monoisotopic (exact) mass is 294 g/mol. The fraction of sp³-hybridized carbons (Fsp3) is 0.294. The summed E-state index contributed by atoms with van der Waals surface area (Å²) in [5.74, 6) is 0.988. The molecule has 112 valence electrons. The predicted molar refractivity (Wildman–Crippen MR) is 83.9 cm³/mol. The first-order valence-electron chi connectivity index (χ1n) is 7.55. The van der Waals surface area contributed by atoms with Crippen LogP contribution in [0.25, 0.3) is 5.65 Å². The molecule has 2 aromatic heterocycles. The lowest BCUT2D eigenvalue weighted by Crippen LogP contribution is -2.26. The second kappa shape index (κ2) is 5.42. The number of benzene rings is 1. The zero-order valence-corrected chi connectivity index (χ0v) is 12.5. The van der Waals surface area contributed by atoms with Crippen molar-refractivity contribution >= 4 is 5.65 Å². The van der Waals surface area contributed by atoms with Gasteiger partial charge in [-0.1, -0.05) is 18.2 Å². The molecule has 0 aliphatic carbocycles. The fourth-order valence-corrected chi connectivity index (χ4v) is 2.92. The van der Waals surface area contributed by atoms with E-state index in [1.54, 1.807) is 0 Å². The molecule has 5 nitrogen and oxygen atoms in total. The van der Waals surface area contributed by atoms with Crippen molar-refractivity contribution in [3.63, 3.8) is 0 Å². The maximum absolute atomic E-state index is 5.70. The molecule has 1 atom stereocenters. The van der Waals surface area contributed by atoms with Gasteiger partial charge < -0.3 is 10.1 Å². The summed E-state index contributed by atoms with van der Waals surface area (Å²) in [6.45, 7) is 3.50. The number of nitrogens with one attached hydrogen (secondary N) is 1. The molecule has 0 radical (unpaired) electrons. The molecule has 1 aromatic carbocycles. The average Bonchev–Trinajstić information content (AvgIpc) is 2.92. The van der Waals surface area contributed by atoms with Crippen molar-refractivity contribution < 1.29 is 4.74 Å². The Morgan fingerprint density at radius 1 is 1.36 bits per heavy atom. The van der Waals surface area contributed by atoms with Crippen LogP contribution in [-0.4, -0.2) is 21.2 Å². The third kappa shape index (κ3) is 2.44. The normalized spacial score (nSPS) is 17.2. The topological polar surface area (TPSA) is 51.5 Å². The zero-order chi connectivity index (χ0) is 14.9. The van der Waals surface area contributed by atoms with E-state index in [-0.39, 0.29) is 0 Å². The smallest absolute Gasteiger partial charge is 0.155 e. The third-order valence-electron chi connectivity index (χ3n) is 4.00. The van der Waals surface area contributed by atoms with E-state index in [2.05, 4.69) is 27.5 Å². The van der Waals surface area contributed by atoms with Crippen LogP contribution in [0.2, 0.25) is 0 Å². The largest absolute Gasteiger partial charge is 0.493 e. The number of para-hydroxylation sites is 1. The van der Waals surface area contributed by atoms with Crippen LogP contribution in [-0.2, 0) is 6.54 Å². The van der Waals surface area contributed by atoms with Crippen molar-refractivity contribution in [2.45, 2.75) is 25.9 Å². The van der Waals surface area contributed by atoms with E-state index in [0.717, 1.165) is 42.2 Å². The molecule has 1 aliphatic rings. The van der Waals surface area contributed by atoms with Gasteiger partial charge in [-0.05, 0) is 13.0 Å². The number of aromatic nitrogens is 3. The van der Waals surface area contributed by atoms with E-state index in [1.165, 1.54) is 5.56 Å². The lowest BCUT2D eigenvalue weighted by atomic mass is 10.0. The summed E-state index contributed by atoms with van der Waals surface area (Å²) in [6, 6.07) is 10.5. The molecular formula is C17H18N4O. The van der Waals surface area contributed by atoms with Crippen molar-refractivity contribution in [3.8, 4) is 5.75 Å². The first kappa shape index (κ1) is 13.3. The Labute approximate surface area is 128 Å². The van der Waals surface area contributed by atoms with Gasteiger partial charge >= 0.3 is 0 Å². The van der Waals surface area contributed by atoms with Gasteiger partial charge in [0.05, 0.1) is 12.3 Å². The Kier molecular flexibility index (Phi) is 3.27. The van der Waals surface area contributed by atoms with Crippen LogP contribution < -0.4 is 10.1 Å². The van der Waals surface area contributed by atoms with E-state index in [4.69, 9.17) is 4.74 Å². The molecular weight excluding hydrogens is 276 g/mol. The van der Waals surface area contributed by atoms with E-state index in [9.17, 15) is 0 Å². The molecule has 5 heteroatoms. The van der Waals surface area contributed by atoms with Crippen LogP contribution in [0.3, 0.4) is 0 Å². The molecule has 3 aromatic rings. The fourth-order valence-electron chi connectivity index (χ4n) is 2.92. The van der Waals surface area contributed by atoms with Crippen LogP contribution in [0.1, 0.15) is 29.3 Å². The summed E-state index contributed by atoms with van der Waals surface area (Å²) in [4.78, 5) is 4.45. The number of aryl methyl sites for hydroxylation is 1. The standard InChI is InChI=1S/C17H18N4O/c1-12-8-17-19-10-13(11-21(17)20-12)9-18-15-6-7-22-16-5-3-2-4-14(15)16/h2-5,8,10-11,15,18H,6-7,9H2,1H3. The quantitative estimate of drug-likeness (QED) is 0.807. The Hall–Kier alpha value is -2.40. The molecule has 3 heterocycles. The average molecular weight is 294 g/mol. The number of hydrogen-bond donors (Lipinski definition) is 1. The van der Waals surface area contributed by atoms with Crippen LogP contribution in [0.4, 0.5) is 0 Å². The SMILES string of the molecule is Cc1cc2ncc(CNC3CCOc4ccccc43)cn2n1. The summed E-state index contributed by atoms with van der Waals surface area (Å²) in [6.07, 6.45) is 4.93. The van der Waals surface area contributed by atoms with Crippen molar-refractivity contribution in [2.75, 3.05) is 6.61 Å². The lowest BCUT2D eigenvalue weighted by Gasteiger charge is -2.26. The first-order valence-corrected chi connectivity index (χ1v) is 7.55. The molecule has 1 unspecified atom stereocenters. The van der Waals surface area contributed by atoms with Gasteiger partial charge in [-0.2, -0.15) is 5.10 Å². The van der Waals surface area contributed by atoms with Gasteiger partial charge in [0.25, 0.3) is 0 Å². The van der Waals surface area contributed by atoms with Gasteiger partial charge in [0.2, 0.25) is 0 Å². The predicted octanol–water partition coefficient (Wildman–Crippen LogP) is 2.65. The van der Waals surface area contributed by atoms with Crippen LogP contribution in [0, 0.1) is 6.92 Å². The lowest BCUT2D eigenvalue weighted by molar-refractivity contribution is 0.252. The van der Waals surface area contributed by atoms with Gasteiger partial charge in [0.1, 0.15) is 5.75 Å². The molecule has 22 heavy (non-hydrogen) atoms. The van der Waals surface area contributed by atoms with E-state index in [1.807, 2.05) is 42.0 Å².